The number of Topliss-reactive ketones (excluding diaryl/α,β-unsaturated/α-hetero) is 1. The van der Waals surface area contributed by atoms with E-state index in [-0.39, 0.29) is 11.6 Å². The Hall–Kier alpha value is -1.85. The molecule has 0 amide bonds. The van der Waals surface area contributed by atoms with Crippen LogP contribution in [-0.2, 0) is 11.8 Å². The van der Waals surface area contributed by atoms with Crippen molar-refractivity contribution in [2.75, 3.05) is 5.73 Å². The van der Waals surface area contributed by atoms with Crippen LogP contribution in [0.4, 0.5) is 5.95 Å². The highest BCUT2D eigenvalue weighted by atomic mass is 16.4. The van der Waals surface area contributed by atoms with Gasteiger partial charge < -0.3 is 15.4 Å². The maximum atomic E-state index is 10.8. The van der Waals surface area contributed by atoms with E-state index in [1.807, 2.05) is 0 Å². The number of carbonyl (C=O) groups excluding carboxylic acids is 1. The van der Waals surface area contributed by atoms with Crippen molar-refractivity contribution in [3.05, 3.63) is 11.9 Å². The van der Waals surface area contributed by atoms with E-state index >= 15 is 0 Å². The molecule has 0 unspecified atom stereocenters. The summed E-state index contributed by atoms with van der Waals surface area (Å²) in [4.78, 5) is 24.5. The van der Waals surface area contributed by atoms with Gasteiger partial charge in [0.05, 0.1) is 0 Å². The van der Waals surface area contributed by atoms with Gasteiger partial charge >= 0.3 is 5.97 Å². The normalized spacial score (nSPS) is 9.75. The number of hydrogen-bond donors (Lipinski definition) is 2. The van der Waals surface area contributed by atoms with E-state index in [0.29, 0.717) is 0 Å². The summed E-state index contributed by atoms with van der Waals surface area (Å²) in [7, 11) is 1.57. The summed E-state index contributed by atoms with van der Waals surface area (Å²) in [6.07, 6.45) is 1.27. The first-order valence-electron chi connectivity index (χ1n) is 3.09. The van der Waals surface area contributed by atoms with E-state index < -0.39 is 11.8 Å². The predicted molar refractivity (Wildman–Crippen MR) is 39.6 cm³/mol. The molecule has 1 rings (SSSR count). The molecule has 0 fully saturated rings. The SMILES string of the molecule is Cn1cc(C(=O)C(=O)O)nc1N. The minimum absolute atomic E-state index is 0.111. The van der Waals surface area contributed by atoms with Gasteiger partial charge in [-0.15, -0.1) is 0 Å². The molecule has 0 aliphatic carbocycles. The summed E-state index contributed by atoms with van der Waals surface area (Å²) in [5, 5.41) is 8.30. The zero-order valence-electron chi connectivity index (χ0n) is 6.31. The highest BCUT2D eigenvalue weighted by Crippen LogP contribution is 2.02. The smallest absolute Gasteiger partial charge is 0.378 e. The van der Waals surface area contributed by atoms with Gasteiger partial charge in [0.2, 0.25) is 5.95 Å². The van der Waals surface area contributed by atoms with E-state index in [0.717, 1.165) is 0 Å². The van der Waals surface area contributed by atoms with Crippen molar-refractivity contribution in [3.8, 4) is 0 Å². The van der Waals surface area contributed by atoms with Crippen LogP contribution < -0.4 is 5.73 Å². The number of ketones is 1. The number of nitrogen functional groups attached to an aromatic ring is 1. The number of nitrogens with zero attached hydrogens (tertiary/aromatic N) is 2. The van der Waals surface area contributed by atoms with Crippen LogP contribution in [0.3, 0.4) is 0 Å². The number of anilines is 1. The second-order valence-corrected chi connectivity index (χ2v) is 2.23. The van der Waals surface area contributed by atoms with Crippen LogP contribution in [0.5, 0.6) is 0 Å². The first-order valence-corrected chi connectivity index (χ1v) is 3.09. The summed E-state index contributed by atoms with van der Waals surface area (Å²) in [5.74, 6) is -2.48. The van der Waals surface area contributed by atoms with Gasteiger partial charge in [-0.1, -0.05) is 0 Å². The lowest BCUT2D eigenvalue weighted by Gasteiger charge is -1.87. The Morgan fingerprint density at radius 1 is 1.67 bits per heavy atom. The number of nitrogens with two attached hydrogens (primary N) is 1. The Morgan fingerprint density at radius 2 is 2.25 bits per heavy atom. The van der Waals surface area contributed by atoms with Crippen LogP contribution in [0.25, 0.3) is 0 Å². The summed E-state index contributed by atoms with van der Waals surface area (Å²) in [6, 6.07) is 0. The van der Waals surface area contributed by atoms with Crippen molar-refractivity contribution >= 4 is 17.7 Å². The maximum absolute atomic E-state index is 10.8. The minimum atomic E-state index is -1.53. The van der Waals surface area contributed by atoms with Gasteiger partial charge in [-0.05, 0) is 0 Å². The highest BCUT2D eigenvalue weighted by Gasteiger charge is 2.18. The van der Waals surface area contributed by atoms with E-state index in [4.69, 9.17) is 10.8 Å². The van der Waals surface area contributed by atoms with Gasteiger partial charge in [0.25, 0.3) is 5.78 Å². The molecule has 6 nitrogen and oxygen atoms in total. The van der Waals surface area contributed by atoms with E-state index in [1.54, 1.807) is 7.05 Å². The molecule has 1 aromatic heterocycles. The van der Waals surface area contributed by atoms with Crippen molar-refractivity contribution in [2.45, 2.75) is 0 Å². The molecule has 0 aliphatic rings. The fraction of sp³-hybridized carbons (Fsp3) is 0.167. The third-order valence-electron chi connectivity index (χ3n) is 1.34. The quantitative estimate of drug-likeness (QED) is 0.449. The third-order valence-corrected chi connectivity index (χ3v) is 1.34. The summed E-state index contributed by atoms with van der Waals surface area (Å²) >= 11 is 0. The van der Waals surface area contributed by atoms with Gasteiger partial charge in [0.1, 0.15) is 5.69 Å². The van der Waals surface area contributed by atoms with Crippen molar-refractivity contribution in [3.63, 3.8) is 0 Å². The van der Waals surface area contributed by atoms with Gasteiger partial charge in [-0.3, -0.25) is 4.79 Å². The van der Waals surface area contributed by atoms with Crippen LogP contribution in [0.2, 0.25) is 0 Å². The predicted octanol–water partition coefficient (Wildman–Crippen LogP) is -0.730. The second-order valence-electron chi connectivity index (χ2n) is 2.23. The van der Waals surface area contributed by atoms with Crippen LogP contribution in [0, 0.1) is 0 Å². The Balaban J connectivity index is 3.05. The van der Waals surface area contributed by atoms with Gasteiger partial charge in [-0.25, -0.2) is 9.78 Å². The second kappa shape index (κ2) is 2.65. The molecule has 0 saturated carbocycles. The number of aliphatic carboxylic acids is 1. The molecule has 0 saturated heterocycles. The third kappa shape index (κ3) is 1.26. The van der Waals surface area contributed by atoms with Gasteiger partial charge in [0.15, 0.2) is 0 Å². The zero-order valence-corrected chi connectivity index (χ0v) is 6.31. The number of hydrogen-bond acceptors (Lipinski definition) is 4. The van der Waals surface area contributed by atoms with E-state index in [9.17, 15) is 9.59 Å². The lowest BCUT2D eigenvalue weighted by Crippen LogP contribution is -2.12. The number of rotatable bonds is 2. The molecular formula is C6H7N3O3. The topological polar surface area (TPSA) is 98.2 Å². The molecule has 0 aliphatic heterocycles. The highest BCUT2D eigenvalue weighted by molar-refractivity contribution is 6.39. The first kappa shape index (κ1) is 8.25. The Kier molecular flexibility index (Phi) is 1.82. The maximum Gasteiger partial charge on any atom is 0.378 e. The van der Waals surface area contributed by atoms with Gasteiger partial charge in [-0.2, -0.15) is 0 Å². The molecule has 0 aromatic carbocycles. The molecule has 0 spiro atoms. The van der Waals surface area contributed by atoms with Crippen LogP contribution in [0.15, 0.2) is 6.20 Å². The van der Waals surface area contributed by atoms with Crippen LogP contribution in [0.1, 0.15) is 10.5 Å². The monoisotopic (exact) mass is 169 g/mol. The number of aromatic nitrogens is 2. The fourth-order valence-corrected chi connectivity index (χ4v) is 0.700. The standard InChI is InChI=1S/C6H7N3O3/c1-9-2-3(8-6(9)7)4(10)5(11)12/h2H,1H3,(H2,7,8)(H,11,12). The molecule has 64 valence electrons. The largest absolute Gasteiger partial charge is 0.475 e. The molecule has 0 radical (unpaired) electrons. The van der Waals surface area contributed by atoms with E-state index in [2.05, 4.69) is 4.98 Å². The number of carbonyl (C=O) groups is 2. The molecule has 12 heavy (non-hydrogen) atoms. The minimum Gasteiger partial charge on any atom is -0.475 e. The van der Waals surface area contributed by atoms with Gasteiger partial charge in [0, 0.05) is 13.2 Å². The number of carboxylic acids is 1. The van der Waals surface area contributed by atoms with Crippen molar-refractivity contribution in [1.82, 2.24) is 9.55 Å². The Bertz CT molecular complexity index is 322. The lowest BCUT2D eigenvalue weighted by molar-refractivity contribution is -0.131. The summed E-state index contributed by atoms with van der Waals surface area (Å²) < 4.78 is 1.37. The number of aryl methyl sites for hydroxylation is 1. The molecule has 0 bridgehead atoms. The Labute approximate surface area is 67.6 Å². The Morgan fingerprint density at radius 3 is 2.58 bits per heavy atom. The van der Waals surface area contributed by atoms with Crippen LogP contribution >= 0.6 is 0 Å². The molecule has 6 heteroatoms. The molecular weight excluding hydrogens is 162 g/mol. The van der Waals surface area contributed by atoms with Crippen molar-refractivity contribution in [2.24, 2.45) is 7.05 Å². The zero-order chi connectivity index (χ0) is 9.30. The molecule has 0 atom stereocenters. The van der Waals surface area contributed by atoms with Crippen molar-refractivity contribution < 1.29 is 14.7 Å². The van der Waals surface area contributed by atoms with E-state index in [1.165, 1.54) is 10.8 Å². The number of carboxylic acid groups (broad SMARTS) is 1. The molecule has 3 N–H and O–H groups in total. The fourth-order valence-electron chi connectivity index (χ4n) is 0.700. The van der Waals surface area contributed by atoms with Crippen molar-refractivity contribution in [1.29, 1.82) is 0 Å². The average Bonchev–Trinajstić information content (AvgIpc) is 2.30. The first-order chi connectivity index (χ1) is 5.52. The average molecular weight is 169 g/mol. The number of imidazole rings is 1. The molecule has 1 aromatic rings. The molecule has 1 heterocycles. The lowest BCUT2D eigenvalue weighted by atomic mass is 10.3. The summed E-state index contributed by atoms with van der Waals surface area (Å²) in [5.41, 5.74) is 5.13. The van der Waals surface area contributed by atoms with Crippen LogP contribution in [-0.4, -0.2) is 26.4 Å². The summed E-state index contributed by atoms with van der Waals surface area (Å²) in [6.45, 7) is 0.